The number of carbonyl (C=O) groups excluding carboxylic acids is 1. The third kappa shape index (κ3) is 3.16. The van der Waals surface area contributed by atoms with Crippen molar-refractivity contribution in [3.05, 3.63) is 47.5 Å². The molecule has 1 aromatic heterocycles. The van der Waals surface area contributed by atoms with Crippen LogP contribution in [0.1, 0.15) is 28.9 Å². The molecule has 94 valence electrons. The Kier molecular flexibility index (Phi) is 3.72. The lowest BCUT2D eigenvalue weighted by Gasteiger charge is -2.12. The summed E-state index contributed by atoms with van der Waals surface area (Å²) in [6.45, 7) is 3.72. The van der Waals surface area contributed by atoms with Crippen LogP contribution < -0.4 is 5.32 Å². The van der Waals surface area contributed by atoms with E-state index in [1.165, 1.54) is 5.56 Å². The molecule has 0 aliphatic carbocycles. The zero-order chi connectivity index (χ0) is 13.0. The maximum atomic E-state index is 11.8. The molecular weight excluding hydrogens is 228 g/mol. The largest absolute Gasteiger partial charge is 0.346 e. The molecule has 5 heteroatoms. The number of rotatable bonds is 4. The zero-order valence-electron chi connectivity index (χ0n) is 10.5. The SMILES string of the molecule is Cc1nc(C(=O)NC(C)Cc2ccccc2)n[nH]1. The van der Waals surface area contributed by atoms with Gasteiger partial charge in [-0.2, -0.15) is 0 Å². The van der Waals surface area contributed by atoms with Gasteiger partial charge >= 0.3 is 0 Å². The Hall–Kier alpha value is -2.17. The van der Waals surface area contributed by atoms with Gasteiger partial charge in [-0.05, 0) is 25.8 Å². The third-order valence-electron chi connectivity index (χ3n) is 2.56. The predicted molar refractivity (Wildman–Crippen MR) is 68.2 cm³/mol. The topological polar surface area (TPSA) is 70.7 Å². The van der Waals surface area contributed by atoms with Crippen molar-refractivity contribution in [1.82, 2.24) is 20.5 Å². The summed E-state index contributed by atoms with van der Waals surface area (Å²) in [7, 11) is 0. The second-order valence-electron chi connectivity index (χ2n) is 4.31. The van der Waals surface area contributed by atoms with E-state index in [0.717, 1.165) is 6.42 Å². The maximum Gasteiger partial charge on any atom is 0.291 e. The highest BCUT2D eigenvalue weighted by Crippen LogP contribution is 2.03. The Labute approximate surface area is 106 Å². The van der Waals surface area contributed by atoms with Crippen LogP contribution in [0.5, 0.6) is 0 Å². The van der Waals surface area contributed by atoms with Crippen LogP contribution in [0.2, 0.25) is 0 Å². The van der Waals surface area contributed by atoms with Gasteiger partial charge in [0.25, 0.3) is 5.91 Å². The number of nitrogens with one attached hydrogen (secondary N) is 2. The lowest BCUT2D eigenvalue weighted by Crippen LogP contribution is -2.34. The van der Waals surface area contributed by atoms with Crippen molar-refractivity contribution in [1.29, 1.82) is 0 Å². The van der Waals surface area contributed by atoms with Crippen LogP contribution in [0.4, 0.5) is 0 Å². The molecule has 0 fully saturated rings. The number of hydrogen-bond donors (Lipinski definition) is 2. The van der Waals surface area contributed by atoms with Crippen molar-refractivity contribution in [2.24, 2.45) is 0 Å². The van der Waals surface area contributed by atoms with Crippen molar-refractivity contribution >= 4 is 5.91 Å². The van der Waals surface area contributed by atoms with Gasteiger partial charge in [-0.3, -0.25) is 9.89 Å². The summed E-state index contributed by atoms with van der Waals surface area (Å²) < 4.78 is 0. The number of H-pyrrole nitrogens is 1. The molecule has 2 aromatic rings. The fourth-order valence-corrected chi connectivity index (χ4v) is 1.75. The summed E-state index contributed by atoms with van der Waals surface area (Å²) in [6.07, 6.45) is 0.788. The number of aromatic nitrogens is 3. The van der Waals surface area contributed by atoms with Crippen LogP contribution in [0.25, 0.3) is 0 Å². The zero-order valence-corrected chi connectivity index (χ0v) is 10.5. The van der Waals surface area contributed by atoms with Gasteiger partial charge in [0.05, 0.1) is 0 Å². The monoisotopic (exact) mass is 244 g/mol. The molecule has 0 saturated heterocycles. The molecule has 5 nitrogen and oxygen atoms in total. The molecule has 1 aromatic carbocycles. The van der Waals surface area contributed by atoms with Crippen molar-refractivity contribution in [2.75, 3.05) is 0 Å². The lowest BCUT2D eigenvalue weighted by atomic mass is 10.1. The second-order valence-corrected chi connectivity index (χ2v) is 4.31. The van der Waals surface area contributed by atoms with Gasteiger partial charge in [-0.25, -0.2) is 4.98 Å². The number of aromatic amines is 1. The molecule has 0 bridgehead atoms. The van der Waals surface area contributed by atoms with Crippen LogP contribution in [0.3, 0.4) is 0 Å². The van der Waals surface area contributed by atoms with Gasteiger partial charge in [0.15, 0.2) is 0 Å². The molecular formula is C13H16N4O. The minimum atomic E-state index is -0.247. The highest BCUT2D eigenvalue weighted by Gasteiger charge is 2.14. The van der Waals surface area contributed by atoms with Crippen LogP contribution in [0, 0.1) is 6.92 Å². The summed E-state index contributed by atoms with van der Waals surface area (Å²) in [4.78, 5) is 15.8. The van der Waals surface area contributed by atoms with Crippen molar-refractivity contribution in [3.8, 4) is 0 Å². The quantitative estimate of drug-likeness (QED) is 0.855. The van der Waals surface area contributed by atoms with E-state index >= 15 is 0 Å². The average molecular weight is 244 g/mol. The summed E-state index contributed by atoms with van der Waals surface area (Å²) in [5.74, 6) is 0.575. The van der Waals surface area contributed by atoms with Crippen LogP contribution >= 0.6 is 0 Å². The Balaban J connectivity index is 1.92. The summed E-state index contributed by atoms with van der Waals surface area (Å²) in [5.41, 5.74) is 1.19. The number of carbonyl (C=O) groups is 1. The van der Waals surface area contributed by atoms with Crippen LogP contribution in [-0.2, 0) is 6.42 Å². The molecule has 1 heterocycles. The van der Waals surface area contributed by atoms with Gasteiger partial charge in [0.2, 0.25) is 5.82 Å². The van der Waals surface area contributed by atoms with E-state index in [2.05, 4.69) is 20.5 Å². The molecule has 0 aliphatic heterocycles. The van der Waals surface area contributed by atoms with E-state index in [1.807, 2.05) is 37.3 Å². The first-order valence-corrected chi connectivity index (χ1v) is 5.89. The fraction of sp³-hybridized carbons (Fsp3) is 0.308. The van der Waals surface area contributed by atoms with Gasteiger partial charge in [-0.15, -0.1) is 5.10 Å². The Morgan fingerprint density at radius 3 is 2.72 bits per heavy atom. The van der Waals surface area contributed by atoms with E-state index in [9.17, 15) is 4.79 Å². The smallest absolute Gasteiger partial charge is 0.291 e. The third-order valence-corrected chi connectivity index (χ3v) is 2.56. The molecule has 2 rings (SSSR count). The number of nitrogens with zero attached hydrogens (tertiary/aromatic N) is 2. The summed E-state index contributed by atoms with van der Waals surface area (Å²) in [5, 5.41) is 9.35. The highest BCUT2D eigenvalue weighted by atomic mass is 16.2. The summed E-state index contributed by atoms with van der Waals surface area (Å²) >= 11 is 0. The number of aryl methyl sites for hydroxylation is 1. The minimum absolute atomic E-state index is 0.0405. The van der Waals surface area contributed by atoms with E-state index in [-0.39, 0.29) is 17.8 Å². The Morgan fingerprint density at radius 2 is 2.11 bits per heavy atom. The van der Waals surface area contributed by atoms with E-state index in [4.69, 9.17) is 0 Å². The first kappa shape index (κ1) is 12.3. The van der Waals surface area contributed by atoms with Crippen LogP contribution in [-0.4, -0.2) is 27.1 Å². The van der Waals surface area contributed by atoms with Crippen LogP contribution in [0.15, 0.2) is 30.3 Å². The highest BCUT2D eigenvalue weighted by molar-refractivity contribution is 5.90. The van der Waals surface area contributed by atoms with Crippen molar-refractivity contribution in [3.63, 3.8) is 0 Å². The average Bonchev–Trinajstić information content (AvgIpc) is 2.77. The number of benzene rings is 1. The number of hydrogen-bond acceptors (Lipinski definition) is 3. The molecule has 2 N–H and O–H groups in total. The molecule has 0 radical (unpaired) electrons. The van der Waals surface area contributed by atoms with Gasteiger partial charge in [0, 0.05) is 6.04 Å². The molecule has 0 aliphatic rings. The molecule has 0 saturated carbocycles. The molecule has 1 unspecified atom stereocenters. The van der Waals surface area contributed by atoms with Gasteiger partial charge in [-0.1, -0.05) is 30.3 Å². The molecule has 18 heavy (non-hydrogen) atoms. The van der Waals surface area contributed by atoms with E-state index in [1.54, 1.807) is 6.92 Å². The minimum Gasteiger partial charge on any atom is -0.346 e. The molecule has 1 atom stereocenters. The standard InChI is InChI=1S/C13H16N4O/c1-9(8-11-6-4-3-5-7-11)14-13(18)12-15-10(2)16-17-12/h3-7,9H,8H2,1-2H3,(H,14,18)(H,15,16,17). The maximum absolute atomic E-state index is 11.8. The predicted octanol–water partition coefficient (Wildman–Crippen LogP) is 1.47. The first-order chi connectivity index (χ1) is 8.65. The Morgan fingerprint density at radius 1 is 1.39 bits per heavy atom. The van der Waals surface area contributed by atoms with E-state index in [0.29, 0.717) is 5.82 Å². The lowest BCUT2D eigenvalue weighted by molar-refractivity contribution is 0.0930. The Bertz CT molecular complexity index is 521. The normalized spacial score (nSPS) is 12.1. The van der Waals surface area contributed by atoms with E-state index < -0.39 is 0 Å². The molecule has 0 spiro atoms. The van der Waals surface area contributed by atoms with Crippen molar-refractivity contribution < 1.29 is 4.79 Å². The first-order valence-electron chi connectivity index (χ1n) is 5.89. The van der Waals surface area contributed by atoms with Gasteiger partial charge in [0.1, 0.15) is 5.82 Å². The van der Waals surface area contributed by atoms with Crippen molar-refractivity contribution in [2.45, 2.75) is 26.3 Å². The van der Waals surface area contributed by atoms with Gasteiger partial charge < -0.3 is 5.32 Å². The second kappa shape index (κ2) is 5.44. The number of amides is 1. The fourth-order valence-electron chi connectivity index (χ4n) is 1.75. The molecule has 1 amide bonds. The summed E-state index contributed by atoms with van der Waals surface area (Å²) in [6, 6.07) is 10.1.